The van der Waals surface area contributed by atoms with Gasteiger partial charge in [0.05, 0.1) is 18.7 Å². The summed E-state index contributed by atoms with van der Waals surface area (Å²) < 4.78 is 4.89. The van der Waals surface area contributed by atoms with Gasteiger partial charge in [0.15, 0.2) is 5.78 Å². The lowest BCUT2D eigenvalue weighted by atomic mass is 10.0. The van der Waals surface area contributed by atoms with Gasteiger partial charge in [-0.25, -0.2) is 4.79 Å². The van der Waals surface area contributed by atoms with Gasteiger partial charge in [-0.05, 0) is 31.5 Å². The highest BCUT2D eigenvalue weighted by atomic mass is 16.5. The smallest absolute Gasteiger partial charge is 0.338 e. The fourth-order valence-corrected chi connectivity index (χ4v) is 1.39. The molecule has 0 aliphatic heterocycles. The Balaban J connectivity index is 3.00. The lowest BCUT2D eigenvalue weighted by molar-refractivity contribution is 0.0525. The van der Waals surface area contributed by atoms with Crippen molar-refractivity contribution in [2.75, 3.05) is 13.2 Å². The molecule has 0 fully saturated rings. The standard InChI is InChI=1S/C12H15NO3/c1-3-16-12(15)10-5-4-9(6-8(10)2)11(14)7-13/h4-6H,3,7,13H2,1-2H3. The van der Waals surface area contributed by atoms with Gasteiger partial charge in [0.2, 0.25) is 0 Å². The number of Topliss-reactive ketones (excluding diaryl/α,β-unsaturated/α-hetero) is 1. The van der Waals surface area contributed by atoms with Crippen LogP contribution in [0.15, 0.2) is 18.2 Å². The fraction of sp³-hybridized carbons (Fsp3) is 0.333. The van der Waals surface area contributed by atoms with E-state index in [-0.39, 0.29) is 18.3 Å². The molecule has 0 radical (unpaired) electrons. The van der Waals surface area contributed by atoms with Gasteiger partial charge < -0.3 is 10.5 Å². The zero-order valence-electron chi connectivity index (χ0n) is 9.45. The third-order valence-electron chi connectivity index (χ3n) is 2.23. The molecule has 0 heterocycles. The molecule has 4 heteroatoms. The maximum atomic E-state index is 11.5. The third-order valence-corrected chi connectivity index (χ3v) is 2.23. The number of benzene rings is 1. The van der Waals surface area contributed by atoms with Crippen molar-refractivity contribution in [3.8, 4) is 0 Å². The molecule has 1 aromatic rings. The summed E-state index contributed by atoms with van der Waals surface area (Å²) in [5.41, 5.74) is 6.98. The molecule has 0 amide bonds. The molecule has 0 atom stereocenters. The van der Waals surface area contributed by atoms with Crippen LogP contribution in [-0.2, 0) is 4.74 Å². The monoisotopic (exact) mass is 221 g/mol. The quantitative estimate of drug-likeness (QED) is 0.614. The molecule has 1 rings (SSSR count). The second kappa shape index (κ2) is 5.42. The van der Waals surface area contributed by atoms with Crippen molar-refractivity contribution >= 4 is 11.8 Å². The first kappa shape index (κ1) is 12.4. The van der Waals surface area contributed by atoms with Crippen LogP contribution in [0.5, 0.6) is 0 Å². The Kier molecular flexibility index (Phi) is 4.19. The predicted molar refractivity (Wildman–Crippen MR) is 60.5 cm³/mol. The molecule has 16 heavy (non-hydrogen) atoms. The Morgan fingerprint density at radius 3 is 2.56 bits per heavy atom. The number of aryl methyl sites for hydroxylation is 1. The van der Waals surface area contributed by atoms with Crippen LogP contribution in [0.1, 0.15) is 33.2 Å². The molecule has 0 aliphatic rings. The first-order chi connectivity index (χ1) is 7.60. The summed E-state index contributed by atoms with van der Waals surface area (Å²) in [6, 6.07) is 4.84. The van der Waals surface area contributed by atoms with E-state index in [0.29, 0.717) is 17.7 Å². The Labute approximate surface area is 94.4 Å². The molecule has 0 saturated carbocycles. The van der Waals surface area contributed by atoms with E-state index in [1.54, 1.807) is 32.0 Å². The van der Waals surface area contributed by atoms with E-state index in [1.165, 1.54) is 0 Å². The summed E-state index contributed by atoms with van der Waals surface area (Å²) in [6.45, 7) is 3.82. The normalized spacial score (nSPS) is 9.94. The highest BCUT2D eigenvalue weighted by molar-refractivity contribution is 5.99. The first-order valence-corrected chi connectivity index (χ1v) is 5.11. The van der Waals surface area contributed by atoms with Crippen LogP contribution in [0, 0.1) is 6.92 Å². The molecule has 2 N–H and O–H groups in total. The van der Waals surface area contributed by atoms with Gasteiger partial charge in [-0.1, -0.05) is 6.07 Å². The number of esters is 1. The van der Waals surface area contributed by atoms with Crippen molar-refractivity contribution in [2.24, 2.45) is 5.73 Å². The molecular formula is C12H15NO3. The van der Waals surface area contributed by atoms with Gasteiger partial charge in [0.25, 0.3) is 0 Å². The number of rotatable bonds is 4. The van der Waals surface area contributed by atoms with Gasteiger partial charge in [-0.15, -0.1) is 0 Å². The molecular weight excluding hydrogens is 206 g/mol. The van der Waals surface area contributed by atoms with E-state index in [9.17, 15) is 9.59 Å². The van der Waals surface area contributed by atoms with Gasteiger partial charge in [-0.2, -0.15) is 0 Å². The third kappa shape index (κ3) is 2.67. The SMILES string of the molecule is CCOC(=O)c1ccc(C(=O)CN)cc1C. The van der Waals surface area contributed by atoms with Crippen LogP contribution in [0.25, 0.3) is 0 Å². The van der Waals surface area contributed by atoms with Crippen molar-refractivity contribution in [3.63, 3.8) is 0 Å². The van der Waals surface area contributed by atoms with Crippen molar-refractivity contribution < 1.29 is 14.3 Å². The first-order valence-electron chi connectivity index (χ1n) is 5.11. The number of nitrogens with two attached hydrogens (primary N) is 1. The molecule has 86 valence electrons. The maximum absolute atomic E-state index is 11.5. The van der Waals surface area contributed by atoms with Crippen LogP contribution < -0.4 is 5.73 Å². The Hall–Kier alpha value is -1.68. The summed E-state index contributed by atoms with van der Waals surface area (Å²) in [4.78, 5) is 22.8. The predicted octanol–water partition coefficient (Wildman–Crippen LogP) is 1.31. The van der Waals surface area contributed by atoms with Crippen molar-refractivity contribution in [1.29, 1.82) is 0 Å². The minimum Gasteiger partial charge on any atom is -0.462 e. The summed E-state index contributed by atoms with van der Waals surface area (Å²) in [5.74, 6) is -0.509. The van der Waals surface area contributed by atoms with Crippen LogP contribution in [-0.4, -0.2) is 24.9 Å². The summed E-state index contributed by atoms with van der Waals surface area (Å²) in [5, 5.41) is 0. The molecule has 0 spiro atoms. The molecule has 0 saturated heterocycles. The highest BCUT2D eigenvalue weighted by Crippen LogP contribution is 2.12. The van der Waals surface area contributed by atoms with E-state index in [0.717, 1.165) is 5.56 Å². The van der Waals surface area contributed by atoms with Crippen molar-refractivity contribution in [3.05, 3.63) is 34.9 Å². The molecule has 0 aromatic heterocycles. The lowest BCUT2D eigenvalue weighted by Crippen LogP contribution is -2.14. The topological polar surface area (TPSA) is 69.4 Å². The van der Waals surface area contributed by atoms with E-state index in [1.807, 2.05) is 0 Å². The van der Waals surface area contributed by atoms with Gasteiger partial charge >= 0.3 is 5.97 Å². The van der Waals surface area contributed by atoms with E-state index < -0.39 is 0 Å². The summed E-state index contributed by atoms with van der Waals surface area (Å²) in [7, 11) is 0. The van der Waals surface area contributed by atoms with E-state index in [4.69, 9.17) is 10.5 Å². The van der Waals surface area contributed by atoms with Crippen LogP contribution >= 0.6 is 0 Å². The second-order valence-corrected chi connectivity index (χ2v) is 3.38. The minimum atomic E-state index is -0.369. The zero-order valence-corrected chi connectivity index (χ0v) is 9.45. The zero-order chi connectivity index (χ0) is 12.1. The molecule has 4 nitrogen and oxygen atoms in total. The van der Waals surface area contributed by atoms with Gasteiger partial charge in [-0.3, -0.25) is 4.79 Å². The van der Waals surface area contributed by atoms with Gasteiger partial charge in [0.1, 0.15) is 0 Å². The second-order valence-electron chi connectivity index (χ2n) is 3.38. The number of carbonyl (C=O) groups is 2. The fourth-order valence-electron chi connectivity index (χ4n) is 1.39. The molecule has 0 aliphatic carbocycles. The molecule has 0 bridgehead atoms. The average Bonchev–Trinajstić information content (AvgIpc) is 2.28. The summed E-state index contributed by atoms with van der Waals surface area (Å²) >= 11 is 0. The van der Waals surface area contributed by atoms with Crippen LogP contribution in [0.4, 0.5) is 0 Å². The van der Waals surface area contributed by atoms with E-state index in [2.05, 4.69) is 0 Å². The number of hydrogen-bond acceptors (Lipinski definition) is 4. The number of carbonyl (C=O) groups excluding carboxylic acids is 2. The highest BCUT2D eigenvalue weighted by Gasteiger charge is 2.12. The Morgan fingerprint density at radius 2 is 2.06 bits per heavy atom. The van der Waals surface area contributed by atoms with Crippen LogP contribution in [0.3, 0.4) is 0 Å². The molecule has 0 unspecified atom stereocenters. The van der Waals surface area contributed by atoms with E-state index >= 15 is 0 Å². The Morgan fingerprint density at radius 1 is 1.38 bits per heavy atom. The van der Waals surface area contributed by atoms with Crippen molar-refractivity contribution in [1.82, 2.24) is 0 Å². The van der Waals surface area contributed by atoms with Gasteiger partial charge in [0, 0.05) is 5.56 Å². The number of ether oxygens (including phenoxy) is 1. The molecule has 1 aromatic carbocycles. The maximum Gasteiger partial charge on any atom is 0.338 e. The minimum absolute atomic E-state index is 0.0296. The van der Waals surface area contributed by atoms with Crippen molar-refractivity contribution in [2.45, 2.75) is 13.8 Å². The number of ketones is 1. The largest absolute Gasteiger partial charge is 0.462 e. The summed E-state index contributed by atoms with van der Waals surface area (Å²) in [6.07, 6.45) is 0. The Bertz CT molecular complexity index is 413. The lowest BCUT2D eigenvalue weighted by Gasteiger charge is -2.06. The van der Waals surface area contributed by atoms with Crippen LogP contribution in [0.2, 0.25) is 0 Å². The average molecular weight is 221 g/mol. The number of hydrogen-bond donors (Lipinski definition) is 1.